The van der Waals surface area contributed by atoms with Gasteiger partial charge in [0.2, 0.25) is 5.91 Å². The Hall–Kier alpha value is -3.15. The first-order chi connectivity index (χ1) is 12.2. The third kappa shape index (κ3) is 4.91. The van der Waals surface area contributed by atoms with Crippen molar-refractivity contribution >= 4 is 5.91 Å². The molecule has 3 rings (SSSR count). The van der Waals surface area contributed by atoms with Crippen LogP contribution in [0.15, 0.2) is 60.8 Å². The van der Waals surface area contributed by atoms with E-state index in [0.717, 1.165) is 17.0 Å². The highest BCUT2D eigenvalue weighted by Crippen LogP contribution is 2.16. The summed E-state index contributed by atoms with van der Waals surface area (Å²) in [5, 5.41) is 10.9. The van der Waals surface area contributed by atoms with Crippen LogP contribution in [-0.2, 0) is 11.3 Å². The number of hydrogen-bond donors (Lipinski definition) is 1. The van der Waals surface area contributed by atoms with Gasteiger partial charge in [-0.25, -0.2) is 4.68 Å². The molecular formula is C19H20N4O2. The van der Waals surface area contributed by atoms with E-state index < -0.39 is 0 Å². The lowest BCUT2D eigenvalue weighted by molar-refractivity contribution is -0.121. The number of aryl methyl sites for hydroxylation is 1. The number of carbonyl (C=O) groups is 1. The molecule has 3 aromatic rings. The minimum absolute atomic E-state index is 0.128. The monoisotopic (exact) mass is 336 g/mol. The van der Waals surface area contributed by atoms with Crippen LogP contribution in [0.3, 0.4) is 0 Å². The van der Waals surface area contributed by atoms with Crippen LogP contribution in [0, 0.1) is 6.92 Å². The summed E-state index contributed by atoms with van der Waals surface area (Å²) in [4.78, 5) is 12.0. The normalized spacial score (nSPS) is 10.4. The maximum Gasteiger partial charge on any atom is 0.241 e. The predicted octanol–water partition coefficient (Wildman–Crippen LogP) is 2.45. The van der Waals surface area contributed by atoms with Crippen molar-refractivity contribution in [2.75, 3.05) is 13.2 Å². The largest absolute Gasteiger partial charge is 0.492 e. The molecule has 0 spiro atoms. The summed E-state index contributed by atoms with van der Waals surface area (Å²) in [6.45, 7) is 3.02. The number of nitrogens with one attached hydrogen (secondary N) is 1. The second-order valence-corrected chi connectivity index (χ2v) is 5.68. The average Bonchev–Trinajstić information content (AvgIpc) is 3.09. The number of para-hydroxylation sites is 1. The topological polar surface area (TPSA) is 69.0 Å². The Kier molecular flexibility index (Phi) is 5.41. The molecule has 1 amide bonds. The smallest absolute Gasteiger partial charge is 0.241 e. The number of benzene rings is 2. The first-order valence-electron chi connectivity index (χ1n) is 8.12. The lowest BCUT2D eigenvalue weighted by Crippen LogP contribution is -2.31. The molecule has 128 valence electrons. The number of ether oxygens (including phenoxy) is 1. The van der Waals surface area contributed by atoms with E-state index in [4.69, 9.17) is 4.74 Å². The van der Waals surface area contributed by atoms with Crippen molar-refractivity contribution in [3.05, 3.63) is 66.4 Å². The summed E-state index contributed by atoms with van der Waals surface area (Å²) >= 11 is 0. The van der Waals surface area contributed by atoms with E-state index in [2.05, 4.69) is 15.6 Å². The molecule has 0 saturated carbocycles. The van der Waals surface area contributed by atoms with Crippen LogP contribution in [0.1, 0.15) is 5.56 Å². The zero-order valence-electron chi connectivity index (χ0n) is 14.1. The van der Waals surface area contributed by atoms with Gasteiger partial charge < -0.3 is 10.1 Å². The Morgan fingerprint density at radius 2 is 1.88 bits per heavy atom. The maximum absolute atomic E-state index is 12.0. The van der Waals surface area contributed by atoms with E-state index in [-0.39, 0.29) is 12.5 Å². The quantitative estimate of drug-likeness (QED) is 0.673. The molecule has 1 aromatic heterocycles. The molecule has 0 bridgehead atoms. The van der Waals surface area contributed by atoms with Crippen LogP contribution in [0.25, 0.3) is 11.3 Å². The molecule has 1 heterocycles. The van der Waals surface area contributed by atoms with Crippen LogP contribution < -0.4 is 10.1 Å². The fourth-order valence-electron chi connectivity index (χ4n) is 2.31. The second kappa shape index (κ2) is 8.10. The van der Waals surface area contributed by atoms with Crippen molar-refractivity contribution in [2.45, 2.75) is 13.5 Å². The van der Waals surface area contributed by atoms with E-state index in [1.165, 1.54) is 10.2 Å². The Bertz CT molecular complexity index is 813. The summed E-state index contributed by atoms with van der Waals surface area (Å²) < 4.78 is 7.06. The molecule has 0 aliphatic heterocycles. The van der Waals surface area contributed by atoms with E-state index >= 15 is 0 Å². The number of nitrogens with zero attached hydrogens (tertiary/aromatic N) is 3. The average molecular weight is 336 g/mol. The van der Waals surface area contributed by atoms with Crippen LogP contribution >= 0.6 is 0 Å². The molecule has 0 aliphatic rings. The summed E-state index contributed by atoms with van der Waals surface area (Å²) in [6.07, 6.45) is 1.77. The van der Waals surface area contributed by atoms with Crippen molar-refractivity contribution in [3.8, 4) is 17.0 Å². The number of carbonyl (C=O) groups excluding carboxylic acids is 1. The van der Waals surface area contributed by atoms with Crippen LogP contribution in [0.5, 0.6) is 5.75 Å². The lowest BCUT2D eigenvalue weighted by Gasteiger charge is -2.07. The number of hydrogen-bond acceptors (Lipinski definition) is 4. The lowest BCUT2D eigenvalue weighted by atomic mass is 10.1. The molecular weight excluding hydrogens is 316 g/mol. The summed E-state index contributed by atoms with van der Waals surface area (Å²) in [5.41, 5.74) is 2.92. The minimum atomic E-state index is -0.128. The molecule has 2 aromatic carbocycles. The summed E-state index contributed by atoms with van der Waals surface area (Å²) in [6, 6.07) is 17.5. The third-order valence-electron chi connectivity index (χ3n) is 3.63. The van der Waals surface area contributed by atoms with Crippen molar-refractivity contribution in [1.82, 2.24) is 20.3 Å². The molecule has 0 aliphatic carbocycles. The highest BCUT2D eigenvalue weighted by atomic mass is 16.5. The van der Waals surface area contributed by atoms with E-state index in [1.807, 2.05) is 61.5 Å². The molecule has 0 unspecified atom stereocenters. The summed E-state index contributed by atoms with van der Waals surface area (Å²) in [5.74, 6) is 0.660. The Morgan fingerprint density at radius 3 is 2.64 bits per heavy atom. The van der Waals surface area contributed by atoms with Gasteiger partial charge in [-0.05, 0) is 19.1 Å². The predicted molar refractivity (Wildman–Crippen MR) is 95.1 cm³/mol. The maximum atomic E-state index is 12.0. The SMILES string of the molecule is Cc1ccc(-c2cn(CC(=O)NCCOc3ccccc3)nn2)cc1. The fraction of sp³-hybridized carbons (Fsp3) is 0.211. The standard InChI is InChI=1S/C19H20N4O2/c1-15-7-9-16(10-8-15)18-13-23(22-21-18)14-19(24)20-11-12-25-17-5-3-2-4-6-17/h2-10,13H,11-12,14H2,1H3,(H,20,24). The van der Waals surface area contributed by atoms with E-state index in [9.17, 15) is 4.79 Å². The van der Waals surface area contributed by atoms with E-state index in [0.29, 0.717) is 13.2 Å². The molecule has 0 atom stereocenters. The third-order valence-corrected chi connectivity index (χ3v) is 3.63. The van der Waals surface area contributed by atoms with Gasteiger partial charge in [-0.1, -0.05) is 53.2 Å². The molecule has 25 heavy (non-hydrogen) atoms. The van der Waals surface area contributed by atoms with Crippen molar-refractivity contribution in [2.24, 2.45) is 0 Å². The van der Waals surface area contributed by atoms with Gasteiger partial charge >= 0.3 is 0 Å². The van der Waals surface area contributed by atoms with Crippen molar-refractivity contribution in [3.63, 3.8) is 0 Å². The first-order valence-corrected chi connectivity index (χ1v) is 8.12. The number of amides is 1. The van der Waals surface area contributed by atoms with Crippen molar-refractivity contribution < 1.29 is 9.53 Å². The number of rotatable bonds is 7. The van der Waals surface area contributed by atoms with Crippen LogP contribution in [0.4, 0.5) is 0 Å². The Balaban J connectivity index is 1.44. The van der Waals surface area contributed by atoms with Gasteiger partial charge in [0.05, 0.1) is 12.7 Å². The van der Waals surface area contributed by atoms with Gasteiger partial charge in [0.25, 0.3) is 0 Å². The van der Waals surface area contributed by atoms with Gasteiger partial charge in [0, 0.05) is 5.56 Å². The molecule has 0 saturated heterocycles. The first kappa shape index (κ1) is 16.7. The number of aromatic nitrogens is 3. The van der Waals surface area contributed by atoms with E-state index in [1.54, 1.807) is 6.20 Å². The highest BCUT2D eigenvalue weighted by Gasteiger charge is 2.07. The minimum Gasteiger partial charge on any atom is -0.492 e. The highest BCUT2D eigenvalue weighted by molar-refractivity contribution is 5.75. The zero-order valence-corrected chi connectivity index (χ0v) is 14.1. The Labute approximate surface area is 146 Å². The molecule has 6 heteroatoms. The van der Waals surface area contributed by atoms with Gasteiger partial charge in [-0.15, -0.1) is 5.10 Å². The Morgan fingerprint density at radius 1 is 1.12 bits per heavy atom. The summed E-state index contributed by atoms with van der Waals surface area (Å²) in [7, 11) is 0. The molecule has 6 nitrogen and oxygen atoms in total. The fourth-order valence-corrected chi connectivity index (χ4v) is 2.31. The van der Waals surface area contributed by atoms with Crippen LogP contribution in [-0.4, -0.2) is 34.1 Å². The zero-order chi connectivity index (χ0) is 17.5. The van der Waals surface area contributed by atoms with Crippen LogP contribution in [0.2, 0.25) is 0 Å². The molecule has 0 radical (unpaired) electrons. The van der Waals surface area contributed by atoms with Crippen molar-refractivity contribution in [1.29, 1.82) is 0 Å². The van der Waals surface area contributed by atoms with Gasteiger partial charge in [-0.3, -0.25) is 4.79 Å². The molecule has 1 N–H and O–H groups in total. The second-order valence-electron chi connectivity index (χ2n) is 5.68. The van der Waals surface area contributed by atoms with Gasteiger partial charge in [0.1, 0.15) is 24.6 Å². The van der Waals surface area contributed by atoms with Gasteiger partial charge in [0.15, 0.2) is 0 Å². The molecule has 0 fully saturated rings. The van der Waals surface area contributed by atoms with Gasteiger partial charge in [-0.2, -0.15) is 0 Å².